The molecule has 0 spiro atoms. The number of anilines is 2. The molecule has 1 aromatic carbocycles. The molecule has 0 atom stereocenters. The first-order chi connectivity index (χ1) is 15.2. The van der Waals surface area contributed by atoms with Gasteiger partial charge in [0.2, 0.25) is 11.7 Å². The van der Waals surface area contributed by atoms with Gasteiger partial charge in [0.05, 0.1) is 19.8 Å². The van der Waals surface area contributed by atoms with Crippen LogP contribution in [0.25, 0.3) is 11.4 Å². The number of rotatable bonds is 5. The average molecular weight is 421 g/mol. The molecule has 0 N–H and O–H groups in total. The van der Waals surface area contributed by atoms with E-state index < -0.39 is 0 Å². The maximum atomic E-state index is 5.52. The van der Waals surface area contributed by atoms with Gasteiger partial charge in [0.15, 0.2) is 0 Å². The van der Waals surface area contributed by atoms with Crippen LogP contribution < -0.4 is 9.80 Å². The van der Waals surface area contributed by atoms with Crippen molar-refractivity contribution in [1.29, 1.82) is 0 Å². The second kappa shape index (κ2) is 9.03. The van der Waals surface area contributed by atoms with E-state index in [1.807, 2.05) is 18.3 Å². The van der Waals surface area contributed by atoms with Gasteiger partial charge in [0, 0.05) is 56.7 Å². The molecule has 2 aliphatic heterocycles. The van der Waals surface area contributed by atoms with Crippen molar-refractivity contribution >= 4 is 11.5 Å². The summed E-state index contributed by atoms with van der Waals surface area (Å²) in [7, 11) is 0. The van der Waals surface area contributed by atoms with Crippen molar-refractivity contribution in [3.63, 3.8) is 0 Å². The SMILES string of the molecule is Cc1ccc(N2CCN(Cc3nc(-c4ccc(N5CCOCC5)nc4)no3)CC2)cc1. The number of aryl methyl sites for hydroxylation is 1. The van der Waals surface area contributed by atoms with Crippen molar-refractivity contribution in [3.8, 4) is 11.4 Å². The van der Waals surface area contributed by atoms with E-state index >= 15 is 0 Å². The van der Waals surface area contributed by atoms with Crippen LogP contribution >= 0.6 is 0 Å². The highest BCUT2D eigenvalue weighted by atomic mass is 16.5. The minimum Gasteiger partial charge on any atom is -0.378 e. The monoisotopic (exact) mass is 420 g/mol. The van der Waals surface area contributed by atoms with Gasteiger partial charge < -0.3 is 19.1 Å². The molecule has 162 valence electrons. The number of morpholine rings is 1. The normalized spacial score (nSPS) is 17.8. The Morgan fingerprint density at radius 3 is 2.35 bits per heavy atom. The topological polar surface area (TPSA) is 70.8 Å². The molecule has 0 amide bonds. The predicted octanol–water partition coefficient (Wildman–Crippen LogP) is 2.60. The molecule has 2 saturated heterocycles. The number of hydrogen-bond acceptors (Lipinski definition) is 8. The van der Waals surface area contributed by atoms with Crippen LogP contribution in [-0.2, 0) is 11.3 Å². The van der Waals surface area contributed by atoms with Gasteiger partial charge in [0.1, 0.15) is 5.82 Å². The summed E-state index contributed by atoms with van der Waals surface area (Å²) in [5.41, 5.74) is 3.45. The summed E-state index contributed by atoms with van der Waals surface area (Å²) in [5, 5.41) is 4.17. The summed E-state index contributed by atoms with van der Waals surface area (Å²) in [6.45, 7) is 9.97. The molecule has 0 saturated carbocycles. The van der Waals surface area contributed by atoms with Crippen molar-refractivity contribution < 1.29 is 9.26 Å². The third kappa shape index (κ3) is 4.70. The van der Waals surface area contributed by atoms with E-state index in [1.54, 1.807) is 0 Å². The Bertz CT molecular complexity index is 974. The number of piperazine rings is 1. The van der Waals surface area contributed by atoms with Crippen LogP contribution in [0.2, 0.25) is 0 Å². The van der Waals surface area contributed by atoms with Crippen molar-refractivity contribution in [3.05, 3.63) is 54.0 Å². The van der Waals surface area contributed by atoms with Crippen molar-refractivity contribution in [1.82, 2.24) is 20.0 Å². The molecule has 4 heterocycles. The number of nitrogens with zero attached hydrogens (tertiary/aromatic N) is 6. The highest BCUT2D eigenvalue weighted by molar-refractivity contribution is 5.56. The van der Waals surface area contributed by atoms with Crippen molar-refractivity contribution in [2.24, 2.45) is 0 Å². The van der Waals surface area contributed by atoms with E-state index in [2.05, 4.69) is 61.0 Å². The first kappa shape index (κ1) is 20.0. The van der Waals surface area contributed by atoms with Gasteiger partial charge >= 0.3 is 0 Å². The molecule has 0 radical (unpaired) electrons. The van der Waals surface area contributed by atoms with Gasteiger partial charge in [-0.15, -0.1) is 0 Å². The minimum absolute atomic E-state index is 0.592. The largest absolute Gasteiger partial charge is 0.378 e. The molecule has 2 aliphatic rings. The van der Waals surface area contributed by atoms with E-state index in [1.165, 1.54) is 11.3 Å². The zero-order chi connectivity index (χ0) is 21.0. The standard InChI is InChI=1S/C23H28N6O2/c1-18-2-5-20(6-3-18)28-10-8-27(9-11-28)17-22-25-23(26-31-22)19-4-7-21(24-16-19)29-12-14-30-15-13-29/h2-7,16H,8-15,17H2,1H3. The molecule has 0 bridgehead atoms. The lowest BCUT2D eigenvalue weighted by Gasteiger charge is -2.35. The van der Waals surface area contributed by atoms with Gasteiger partial charge in [-0.1, -0.05) is 22.9 Å². The maximum Gasteiger partial charge on any atom is 0.241 e. The molecule has 2 aromatic heterocycles. The molecule has 5 rings (SSSR count). The van der Waals surface area contributed by atoms with E-state index in [4.69, 9.17) is 9.26 Å². The van der Waals surface area contributed by atoms with Gasteiger partial charge in [-0.3, -0.25) is 4.90 Å². The molecule has 8 nitrogen and oxygen atoms in total. The number of aromatic nitrogens is 3. The highest BCUT2D eigenvalue weighted by Gasteiger charge is 2.20. The summed E-state index contributed by atoms with van der Waals surface area (Å²) in [6, 6.07) is 12.8. The zero-order valence-corrected chi connectivity index (χ0v) is 17.9. The van der Waals surface area contributed by atoms with Gasteiger partial charge in [-0.05, 0) is 31.2 Å². The zero-order valence-electron chi connectivity index (χ0n) is 17.9. The van der Waals surface area contributed by atoms with Crippen molar-refractivity contribution in [2.75, 3.05) is 62.3 Å². The summed E-state index contributed by atoms with van der Waals surface area (Å²) in [6.07, 6.45) is 1.82. The number of pyridine rings is 1. The molecular weight excluding hydrogens is 392 g/mol. The number of ether oxygens (including phenoxy) is 1. The van der Waals surface area contributed by atoms with Gasteiger partial charge in [-0.2, -0.15) is 4.98 Å². The maximum absolute atomic E-state index is 5.52. The fraction of sp³-hybridized carbons (Fsp3) is 0.435. The Morgan fingerprint density at radius 2 is 1.65 bits per heavy atom. The molecule has 8 heteroatoms. The van der Waals surface area contributed by atoms with Gasteiger partial charge in [0.25, 0.3) is 0 Å². The van der Waals surface area contributed by atoms with E-state index in [0.29, 0.717) is 18.3 Å². The fourth-order valence-electron chi connectivity index (χ4n) is 4.05. The lowest BCUT2D eigenvalue weighted by molar-refractivity contribution is 0.122. The average Bonchev–Trinajstić information content (AvgIpc) is 3.29. The van der Waals surface area contributed by atoms with Crippen molar-refractivity contribution in [2.45, 2.75) is 13.5 Å². The molecule has 2 fully saturated rings. The summed E-state index contributed by atoms with van der Waals surface area (Å²) in [5.74, 6) is 2.20. The van der Waals surface area contributed by atoms with Crippen LogP contribution in [0.1, 0.15) is 11.5 Å². The minimum atomic E-state index is 0.592. The Morgan fingerprint density at radius 1 is 0.871 bits per heavy atom. The molecular formula is C23H28N6O2. The van der Waals surface area contributed by atoms with E-state index in [0.717, 1.165) is 63.9 Å². The predicted molar refractivity (Wildman–Crippen MR) is 119 cm³/mol. The van der Waals surface area contributed by atoms with Crippen LogP contribution in [0.3, 0.4) is 0 Å². The lowest BCUT2D eigenvalue weighted by atomic mass is 10.2. The molecule has 31 heavy (non-hydrogen) atoms. The summed E-state index contributed by atoms with van der Waals surface area (Å²) < 4.78 is 10.9. The molecule has 3 aromatic rings. The smallest absolute Gasteiger partial charge is 0.241 e. The van der Waals surface area contributed by atoms with Crippen LogP contribution in [0.4, 0.5) is 11.5 Å². The van der Waals surface area contributed by atoms with E-state index in [9.17, 15) is 0 Å². The third-order valence-corrected chi connectivity index (χ3v) is 5.94. The number of hydrogen-bond donors (Lipinski definition) is 0. The second-order valence-corrected chi connectivity index (χ2v) is 8.11. The Balaban J connectivity index is 1.16. The summed E-state index contributed by atoms with van der Waals surface area (Å²) >= 11 is 0. The molecule has 0 aliphatic carbocycles. The Hall–Kier alpha value is -2.97. The summed E-state index contributed by atoms with van der Waals surface area (Å²) in [4.78, 5) is 16.2. The van der Waals surface area contributed by atoms with E-state index in [-0.39, 0.29) is 0 Å². The highest BCUT2D eigenvalue weighted by Crippen LogP contribution is 2.21. The second-order valence-electron chi connectivity index (χ2n) is 8.11. The van der Waals surface area contributed by atoms with Crippen LogP contribution in [0, 0.1) is 6.92 Å². The van der Waals surface area contributed by atoms with Crippen LogP contribution in [0.5, 0.6) is 0 Å². The van der Waals surface area contributed by atoms with Crippen LogP contribution in [0.15, 0.2) is 47.1 Å². The lowest BCUT2D eigenvalue weighted by Crippen LogP contribution is -2.46. The quantitative estimate of drug-likeness (QED) is 0.624. The fourth-order valence-corrected chi connectivity index (χ4v) is 4.05. The van der Waals surface area contributed by atoms with Crippen LogP contribution in [-0.4, -0.2) is 72.5 Å². The number of benzene rings is 1. The Kier molecular flexibility index (Phi) is 5.82. The first-order valence-electron chi connectivity index (χ1n) is 10.9. The third-order valence-electron chi connectivity index (χ3n) is 5.94. The molecule has 0 unspecified atom stereocenters. The van der Waals surface area contributed by atoms with Gasteiger partial charge in [-0.25, -0.2) is 4.98 Å². The Labute approximate surface area is 182 Å². The first-order valence-corrected chi connectivity index (χ1v) is 10.9.